The smallest absolute Gasteiger partial charge is 0.244 e. The molecule has 7 nitrogen and oxygen atoms in total. The van der Waals surface area contributed by atoms with Crippen molar-refractivity contribution in [2.45, 2.75) is 50.5 Å². The van der Waals surface area contributed by atoms with Crippen LogP contribution in [-0.4, -0.2) is 50.8 Å². The van der Waals surface area contributed by atoms with Crippen LogP contribution in [-0.2, 0) is 19.6 Å². The quantitative estimate of drug-likeness (QED) is 0.677. The van der Waals surface area contributed by atoms with Crippen LogP contribution >= 0.6 is 0 Å². The molecule has 0 aliphatic carbocycles. The van der Waals surface area contributed by atoms with Gasteiger partial charge in [-0.25, -0.2) is 12.8 Å². The monoisotopic (exact) mass is 413 g/mol. The van der Waals surface area contributed by atoms with E-state index >= 15 is 0 Å². The summed E-state index contributed by atoms with van der Waals surface area (Å²) in [6, 6.07) is 3.92. The van der Waals surface area contributed by atoms with E-state index in [2.05, 4.69) is 10.0 Å². The third kappa shape index (κ3) is 6.00. The average molecular weight is 414 g/mol. The molecule has 0 aromatic heterocycles. The van der Waals surface area contributed by atoms with Gasteiger partial charge in [0.25, 0.3) is 0 Å². The first-order valence-electron chi connectivity index (χ1n) is 9.54. The van der Waals surface area contributed by atoms with Gasteiger partial charge in [-0.1, -0.05) is 26.0 Å². The van der Waals surface area contributed by atoms with Gasteiger partial charge >= 0.3 is 0 Å². The minimum atomic E-state index is -4.20. The fraction of sp³-hybridized carbons (Fsp3) is 0.579. The lowest BCUT2D eigenvalue weighted by molar-refractivity contribution is -0.132. The highest BCUT2D eigenvalue weighted by Gasteiger charge is 2.29. The normalized spacial score (nSPS) is 16.1. The minimum absolute atomic E-state index is 0.0203. The maximum atomic E-state index is 13.8. The SMILES string of the molecule is CC(C)[C@H](NS(=O)(=O)c1ccccc1F)C(=O)NCCC(=O)N1CCCCC1. The molecule has 1 fully saturated rings. The van der Waals surface area contributed by atoms with E-state index in [0.717, 1.165) is 44.5 Å². The van der Waals surface area contributed by atoms with E-state index in [1.165, 1.54) is 12.1 Å². The second-order valence-corrected chi connectivity index (χ2v) is 8.94. The fourth-order valence-electron chi connectivity index (χ4n) is 3.09. The Hall–Kier alpha value is -2.00. The molecule has 0 spiro atoms. The number of carbonyl (C=O) groups is 2. The van der Waals surface area contributed by atoms with Crippen molar-refractivity contribution in [3.05, 3.63) is 30.1 Å². The molecule has 0 unspecified atom stereocenters. The van der Waals surface area contributed by atoms with Crippen LogP contribution in [0, 0.1) is 11.7 Å². The number of likely N-dealkylation sites (tertiary alicyclic amines) is 1. The minimum Gasteiger partial charge on any atom is -0.354 e. The van der Waals surface area contributed by atoms with Crippen LogP contribution in [0.5, 0.6) is 0 Å². The van der Waals surface area contributed by atoms with Crippen molar-refractivity contribution in [1.29, 1.82) is 0 Å². The number of hydrogen-bond acceptors (Lipinski definition) is 4. The van der Waals surface area contributed by atoms with E-state index in [4.69, 9.17) is 0 Å². The summed E-state index contributed by atoms with van der Waals surface area (Å²) in [5.41, 5.74) is 0. The van der Waals surface area contributed by atoms with Crippen LogP contribution in [0.15, 0.2) is 29.2 Å². The summed E-state index contributed by atoms with van der Waals surface area (Å²) >= 11 is 0. The molecule has 2 amide bonds. The number of carbonyl (C=O) groups excluding carboxylic acids is 2. The number of sulfonamides is 1. The second-order valence-electron chi connectivity index (χ2n) is 7.26. The van der Waals surface area contributed by atoms with E-state index in [1.54, 1.807) is 18.7 Å². The van der Waals surface area contributed by atoms with Crippen molar-refractivity contribution in [2.75, 3.05) is 19.6 Å². The number of benzene rings is 1. The highest BCUT2D eigenvalue weighted by Crippen LogP contribution is 2.15. The van der Waals surface area contributed by atoms with Crippen molar-refractivity contribution >= 4 is 21.8 Å². The molecule has 2 N–H and O–H groups in total. The van der Waals surface area contributed by atoms with Crippen LogP contribution in [0.25, 0.3) is 0 Å². The number of piperidine rings is 1. The van der Waals surface area contributed by atoms with E-state index in [-0.39, 0.29) is 24.8 Å². The van der Waals surface area contributed by atoms with E-state index in [9.17, 15) is 22.4 Å². The molecular weight excluding hydrogens is 385 g/mol. The Balaban J connectivity index is 1.94. The molecule has 0 radical (unpaired) electrons. The van der Waals surface area contributed by atoms with Gasteiger partial charge in [0, 0.05) is 26.1 Å². The molecule has 0 bridgehead atoms. The molecule has 1 saturated heterocycles. The average Bonchev–Trinajstić information content (AvgIpc) is 2.66. The van der Waals surface area contributed by atoms with Crippen molar-refractivity contribution in [1.82, 2.24) is 14.9 Å². The summed E-state index contributed by atoms with van der Waals surface area (Å²) in [6.45, 7) is 4.98. The number of nitrogens with zero attached hydrogens (tertiary/aromatic N) is 1. The molecule has 1 aromatic carbocycles. The third-order valence-corrected chi connectivity index (χ3v) is 6.18. The molecule has 1 atom stereocenters. The van der Waals surface area contributed by atoms with Gasteiger partial charge in [0.05, 0.1) is 0 Å². The Kier molecular flexibility index (Phi) is 7.94. The molecular formula is C19H28FN3O4S. The van der Waals surface area contributed by atoms with Crippen LogP contribution in [0.3, 0.4) is 0 Å². The zero-order valence-corrected chi connectivity index (χ0v) is 17.1. The first-order valence-corrected chi connectivity index (χ1v) is 11.0. The first-order chi connectivity index (χ1) is 13.2. The lowest BCUT2D eigenvalue weighted by atomic mass is 10.1. The number of hydrogen-bond donors (Lipinski definition) is 2. The van der Waals surface area contributed by atoms with Crippen LogP contribution in [0.1, 0.15) is 39.5 Å². The molecule has 1 aromatic rings. The third-order valence-electron chi connectivity index (χ3n) is 4.70. The number of amides is 2. The Morgan fingerprint density at radius 3 is 2.39 bits per heavy atom. The van der Waals surface area contributed by atoms with Crippen molar-refractivity contribution < 1.29 is 22.4 Å². The topological polar surface area (TPSA) is 95.6 Å². The van der Waals surface area contributed by atoms with Crippen molar-refractivity contribution in [3.63, 3.8) is 0 Å². The molecule has 1 heterocycles. The number of rotatable bonds is 8. The summed E-state index contributed by atoms with van der Waals surface area (Å²) in [7, 11) is -4.20. The van der Waals surface area contributed by atoms with Gasteiger partial charge in [0.1, 0.15) is 16.8 Å². The molecule has 2 rings (SSSR count). The number of nitrogens with one attached hydrogen (secondary N) is 2. The fourth-order valence-corrected chi connectivity index (χ4v) is 4.51. The highest BCUT2D eigenvalue weighted by molar-refractivity contribution is 7.89. The van der Waals surface area contributed by atoms with E-state index in [0.29, 0.717) is 0 Å². The van der Waals surface area contributed by atoms with Gasteiger partial charge in [-0.2, -0.15) is 4.72 Å². The van der Waals surface area contributed by atoms with Gasteiger partial charge in [0.15, 0.2) is 0 Å². The molecule has 156 valence electrons. The Bertz CT molecular complexity index is 792. The zero-order chi connectivity index (χ0) is 20.7. The van der Waals surface area contributed by atoms with Crippen LogP contribution in [0.4, 0.5) is 4.39 Å². The van der Waals surface area contributed by atoms with Gasteiger partial charge in [0.2, 0.25) is 21.8 Å². The molecule has 1 aliphatic heterocycles. The summed E-state index contributed by atoms with van der Waals surface area (Å²) in [6.07, 6.45) is 3.27. The van der Waals surface area contributed by atoms with Crippen molar-refractivity contribution in [3.8, 4) is 0 Å². The molecule has 9 heteroatoms. The predicted molar refractivity (Wildman–Crippen MR) is 103 cm³/mol. The summed E-state index contributed by atoms with van der Waals surface area (Å²) in [5, 5.41) is 2.62. The zero-order valence-electron chi connectivity index (χ0n) is 16.3. The van der Waals surface area contributed by atoms with Gasteiger partial charge in [-0.05, 0) is 37.3 Å². The van der Waals surface area contributed by atoms with Gasteiger partial charge in [-0.3, -0.25) is 9.59 Å². The van der Waals surface area contributed by atoms with E-state index < -0.39 is 32.7 Å². The highest BCUT2D eigenvalue weighted by atomic mass is 32.2. The molecule has 0 saturated carbocycles. The molecule has 1 aliphatic rings. The Morgan fingerprint density at radius 2 is 1.79 bits per heavy atom. The van der Waals surface area contributed by atoms with Gasteiger partial charge in [-0.15, -0.1) is 0 Å². The summed E-state index contributed by atoms with van der Waals surface area (Å²) in [4.78, 5) is 25.9. The van der Waals surface area contributed by atoms with Crippen LogP contribution in [0.2, 0.25) is 0 Å². The predicted octanol–water partition coefficient (Wildman–Crippen LogP) is 1.65. The molecule has 28 heavy (non-hydrogen) atoms. The summed E-state index contributed by atoms with van der Waals surface area (Å²) < 4.78 is 41.1. The standard InChI is InChI=1S/C19H28FN3O4S/c1-14(2)18(22-28(26,27)16-9-5-4-8-15(16)20)19(25)21-11-10-17(24)23-12-6-3-7-13-23/h4-5,8-9,14,18,22H,3,6-7,10-13H2,1-2H3,(H,21,25)/t18-/m0/s1. The lowest BCUT2D eigenvalue weighted by Crippen LogP contribution is -2.50. The second kappa shape index (κ2) is 9.97. The lowest BCUT2D eigenvalue weighted by Gasteiger charge is -2.27. The van der Waals surface area contributed by atoms with Crippen molar-refractivity contribution in [2.24, 2.45) is 5.92 Å². The Morgan fingerprint density at radius 1 is 1.14 bits per heavy atom. The van der Waals surface area contributed by atoms with Crippen LogP contribution < -0.4 is 10.0 Å². The first kappa shape index (κ1) is 22.3. The number of halogens is 1. The maximum Gasteiger partial charge on any atom is 0.244 e. The van der Waals surface area contributed by atoms with E-state index in [1.807, 2.05) is 0 Å². The van der Waals surface area contributed by atoms with Gasteiger partial charge < -0.3 is 10.2 Å². The maximum absolute atomic E-state index is 13.8. The summed E-state index contributed by atoms with van der Waals surface area (Å²) in [5.74, 6) is -1.81. The Labute approximate surface area is 165 Å². The largest absolute Gasteiger partial charge is 0.354 e.